The summed E-state index contributed by atoms with van der Waals surface area (Å²) >= 11 is 0. The molecule has 2 fully saturated rings. The summed E-state index contributed by atoms with van der Waals surface area (Å²) in [6.07, 6.45) is 9.29. The molecule has 0 aliphatic carbocycles. The minimum atomic E-state index is 0.256. The minimum absolute atomic E-state index is 0.256. The van der Waals surface area contributed by atoms with E-state index in [0.717, 1.165) is 58.4 Å². The molecule has 5 heterocycles. The molecule has 3 N–H and O–H groups in total. The monoisotopic (exact) mass is 438 g/mol. The molecule has 3 aromatic heterocycles. The highest BCUT2D eigenvalue weighted by Gasteiger charge is 2.36. The summed E-state index contributed by atoms with van der Waals surface area (Å²) in [6, 6.07) is 15.2. The number of carbonyl (C=O) groups is 1. The fourth-order valence-corrected chi connectivity index (χ4v) is 5.51. The summed E-state index contributed by atoms with van der Waals surface area (Å²) in [4.78, 5) is 21.2. The molecule has 7 nitrogen and oxygen atoms in total. The maximum absolute atomic E-state index is 11.5. The van der Waals surface area contributed by atoms with Gasteiger partial charge in [0.15, 0.2) is 5.65 Å². The van der Waals surface area contributed by atoms with Crippen molar-refractivity contribution < 1.29 is 4.79 Å². The standard InChI is InChI=1S/C26H26N6O/c27-25-21(10-11-33)24(18-12-19-7-8-20(13-18)30-19)31-26-22(15-29-32(25)26)17-6-9-23(28-14-17)16-4-2-1-3-5-16/h1-6,9,11,14-15,18-20,30H,7-8,10,12-13,27H2. The number of hydrogen-bond acceptors (Lipinski definition) is 6. The maximum Gasteiger partial charge on any atom is 0.165 e. The molecule has 2 bridgehead atoms. The number of nitrogens with two attached hydrogens (primary N) is 1. The number of nitrogen functional groups attached to an aromatic ring is 1. The first kappa shape index (κ1) is 20.1. The highest BCUT2D eigenvalue weighted by atomic mass is 16.1. The molecular weight excluding hydrogens is 412 g/mol. The molecule has 1 aromatic carbocycles. The van der Waals surface area contributed by atoms with E-state index in [1.165, 1.54) is 12.8 Å². The Morgan fingerprint density at radius 2 is 1.82 bits per heavy atom. The molecule has 0 amide bonds. The summed E-state index contributed by atoms with van der Waals surface area (Å²) in [7, 11) is 0. The van der Waals surface area contributed by atoms with E-state index in [2.05, 4.69) is 15.4 Å². The molecule has 33 heavy (non-hydrogen) atoms. The normalized spacial score (nSPS) is 22.0. The highest BCUT2D eigenvalue weighted by molar-refractivity contribution is 5.79. The van der Waals surface area contributed by atoms with Gasteiger partial charge in [0, 0.05) is 52.9 Å². The number of rotatable bonds is 5. The van der Waals surface area contributed by atoms with Crippen molar-refractivity contribution in [2.45, 2.75) is 50.1 Å². The van der Waals surface area contributed by atoms with E-state index in [-0.39, 0.29) is 6.42 Å². The summed E-state index contributed by atoms with van der Waals surface area (Å²) in [6.45, 7) is 0. The van der Waals surface area contributed by atoms with Crippen molar-refractivity contribution >= 4 is 17.8 Å². The topological polar surface area (TPSA) is 98.2 Å². The zero-order valence-electron chi connectivity index (χ0n) is 18.3. The number of benzene rings is 1. The van der Waals surface area contributed by atoms with Gasteiger partial charge in [0.1, 0.15) is 12.1 Å². The molecule has 7 heteroatoms. The number of aromatic nitrogens is 4. The van der Waals surface area contributed by atoms with Crippen molar-refractivity contribution in [3.63, 3.8) is 0 Å². The van der Waals surface area contributed by atoms with Crippen LogP contribution in [0.3, 0.4) is 0 Å². The largest absolute Gasteiger partial charge is 0.383 e. The van der Waals surface area contributed by atoms with Crippen molar-refractivity contribution in [1.29, 1.82) is 0 Å². The number of aldehydes is 1. The zero-order chi connectivity index (χ0) is 22.4. The van der Waals surface area contributed by atoms with Crippen LogP contribution in [0.15, 0.2) is 54.9 Å². The average Bonchev–Trinajstić information content (AvgIpc) is 3.44. The van der Waals surface area contributed by atoms with E-state index in [4.69, 9.17) is 10.7 Å². The van der Waals surface area contributed by atoms with Crippen molar-refractivity contribution in [3.8, 4) is 22.4 Å². The van der Waals surface area contributed by atoms with E-state index in [1.807, 2.05) is 48.7 Å². The van der Waals surface area contributed by atoms with Crippen LogP contribution in [0.2, 0.25) is 0 Å². The lowest BCUT2D eigenvalue weighted by Gasteiger charge is -2.30. The Morgan fingerprint density at radius 3 is 2.52 bits per heavy atom. The quantitative estimate of drug-likeness (QED) is 0.460. The van der Waals surface area contributed by atoms with E-state index in [9.17, 15) is 4.79 Å². The van der Waals surface area contributed by atoms with Gasteiger partial charge in [0.2, 0.25) is 0 Å². The van der Waals surface area contributed by atoms with Gasteiger partial charge in [-0.1, -0.05) is 36.4 Å². The molecule has 4 aromatic rings. The first-order valence-corrected chi connectivity index (χ1v) is 11.6. The van der Waals surface area contributed by atoms with Crippen LogP contribution in [-0.2, 0) is 11.2 Å². The molecule has 2 aliphatic rings. The van der Waals surface area contributed by atoms with Crippen LogP contribution in [0.4, 0.5) is 5.82 Å². The Labute approximate surface area is 192 Å². The van der Waals surface area contributed by atoms with Crippen molar-refractivity contribution in [2.24, 2.45) is 0 Å². The number of pyridine rings is 1. The molecule has 2 saturated heterocycles. The number of carbonyl (C=O) groups excluding carboxylic acids is 1. The minimum Gasteiger partial charge on any atom is -0.383 e. The van der Waals surface area contributed by atoms with Crippen LogP contribution in [0.5, 0.6) is 0 Å². The van der Waals surface area contributed by atoms with Gasteiger partial charge >= 0.3 is 0 Å². The smallest absolute Gasteiger partial charge is 0.165 e. The molecule has 0 spiro atoms. The second-order valence-electron chi connectivity index (χ2n) is 9.13. The SMILES string of the molecule is Nc1c(CC=O)c(C2CC3CCC(C2)N3)nc2c(-c3ccc(-c4ccccc4)nc3)cnn12. The molecule has 6 rings (SSSR count). The Hall–Kier alpha value is -3.58. The predicted octanol–water partition coefficient (Wildman–Crippen LogP) is 3.78. The summed E-state index contributed by atoms with van der Waals surface area (Å²) in [5.41, 5.74) is 12.9. The van der Waals surface area contributed by atoms with Gasteiger partial charge in [-0.05, 0) is 31.7 Å². The summed E-state index contributed by atoms with van der Waals surface area (Å²) < 4.78 is 1.67. The number of anilines is 1. The Morgan fingerprint density at radius 1 is 1.03 bits per heavy atom. The number of fused-ring (bicyclic) bond motifs is 3. The van der Waals surface area contributed by atoms with Crippen molar-refractivity contribution in [1.82, 2.24) is 24.9 Å². The third kappa shape index (κ3) is 3.49. The molecule has 2 unspecified atom stereocenters. The van der Waals surface area contributed by atoms with Crippen LogP contribution < -0.4 is 11.1 Å². The lowest BCUT2D eigenvalue weighted by atomic mass is 9.86. The third-order valence-electron chi connectivity index (χ3n) is 7.11. The van der Waals surface area contributed by atoms with Gasteiger partial charge < -0.3 is 15.8 Å². The van der Waals surface area contributed by atoms with Crippen LogP contribution in [-0.4, -0.2) is 38.0 Å². The van der Waals surface area contributed by atoms with Crippen LogP contribution in [0.25, 0.3) is 28.0 Å². The molecule has 0 saturated carbocycles. The van der Waals surface area contributed by atoms with Crippen LogP contribution in [0, 0.1) is 0 Å². The summed E-state index contributed by atoms with van der Waals surface area (Å²) in [5.74, 6) is 0.806. The first-order chi connectivity index (χ1) is 16.2. The van der Waals surface area contributed by atoms with E-state index in [0.29, 0.717) is 23.8 Å². The van der Waals surface area contributed by atoms with Gasteiger partial charge in [0.25, 0.3) is 0 Å². The second kappa shape index (κ2) is 8.08. The lowest BCUT2D eigenvalue weighted by molar-refractivity contribution is -0.107. The van der Waals surface area contributed by atoms with E-state index < -0.39 is 0 Å². The third-order valence-corrected chi connectivity index (χ3v) is 7.11. The molecular formula is C26H26N6O. The number of piperidine rings is 1. The van der Waals surface area contributed by atoms with Crippen LogP contribution >= 0.6 is 0 Å². The number of nitrogens with one attached hydrogen (secondary N) is 1. The Kier molecular flexibility index (Phi) is 4.91. The van der Waals surface area contributed by atoms with Gasteiger partial charge in [-0.15, -0.1) is 0 Å². The van der Waals surface area contributed by atoms with Crippen molar-refractivity contribution in [2.75, 3.05) is 5.73 Å². The number of nitrogens with zero attached hydrogens (tertiary/aromatic N) is 4. The van der Waals surface area contributed by atoms with Gasteiger partial charge in [-0.2, -0.15) is 9.61 Å². The second-order valence-corrected chi connectivity index (χ2v) is 9.13. The fourth-order valence-electron chi connectivity index (χ4n) is 5.51. The predicted molar refractivity (Wildman–Crippen MR) is 128 cm³/mol. The van der Waals surface area contributed by atoms with Crippen molar-refractivity contribution in [3.05, 3.63) is 66.1 Å². The maximum atomic E-state index is 11.5. The summed E-state index contributed by atoms with van der Waals surface area (Å²) in [5, 5.41) is 8.21. The van der Waals surface area contributed by atoms with Gasteiger partial charge in [-0.25, -0.2) is 4.98 Å². The van der Waals surface area contributed by atoms with Gasteiger partial charge in [0.05, 0.1) is 17.6 Å². The first-order valence-electron chi connectivity index (χ1n) is 11.6. The Balaban J connectivity index is 1.43. The van der Waals surface area contributed by atoms with Gasteiger partial charge in [-0.3, -0.25) is 4.98 Å². The lowest BCUT2D eigenvalue weighted by Crippen LogP contribution is -2.37. The molecule has 2 aliphatic heterocycles. The molecule has 0 radical (unpaired) electrons. The molecule has 166 valence electrons. The van der Waals surface area contributed by atoms with E-state index in [1.54, 1.807) is 10.7 Å². The number of hydrogen-bond donors (Lipinski definition) is 2. The average molecular weight is 439 g/mol. The highest BCUT2D eigenvalue weighted by Crippen LogP contribution is 2.39. The molecule has 2 atom stereocenters. The van der Waals surface area contributed by atoms with E-state index >= 15 is 0 Å². The fraction of sp³-hybridized carbons (Fsp3) is 0.308. The van der Waals surface area contributed by atoms with Crippen LogP contribution in [0.1, 0.15) is 42.9 Å². The Bertz CT molecular complexity index is 1300. The zero-order valence-corrected chi connectivity index (χ0v) is 18.3.